The van der Waals surface area contributed by atoms with E-state index in [1.165, 1.54) is 6.08 Å². The van der Waals surface area contributed by atoms with Gasteiger partial charge >= 0.3 is 0 Å². The van der Waals surface area contributed by atoms with E-state index in [9.17, 15) is 14.4 Å². The quantitative estimate of drug-likeness (QED) is 0.640. The predicted molar refractivity (Wildman–Crippen MR) is 122 cm³/mol. The fourth-order valence-electron chi connectivity index (χ4n) is 3.46. The molecule has 0 aromatic heterocycles. The molecule has 3 heterocycles. The second-order valence-electron chi connectivity index (χ2n) is 7.10. The lowest BCUT2D eigenvalue weighted by molar-refractivity contribution is -0.119. The molecular weight excluding hydrogens is 420 g/mol. The third kappa shape index (κ3) is 4.17. The molecule has 1 aliphatic carbocycles. The minimum absolute atomic E-state index is 0.147. The van der Waals surface area contributed by atoms with Crippen LogP contribution in [-0.4, -0.2) is 52.4 Å². The fraction of sp³-hybridized carbons (Fsp3) is 0.333. The molecular formula is C21H20N4O3S2. The van der Waals surface area contributed by atoms with Gasteiger partial charge in [-0.15, -0.1) is 0 Å². The van der Waals surface area contributed by atoms with Crippen molar-refractivity contribution in [2.75, 3.05) is 18.1 Å². The normalized spacial score (nSPS) is 24.7. The van der Waals surface area contributed by atoms with E-state index in [1.54, 1.807) is 35.7 Å². The molecule has 0 aromatic carbocycles. The molecule has 0 saturated carbocycles. The van der Waals surface area contributed by atoms with E-state index in [2.05, 4.69) is 20.3 Å². The summed E-state index contributed by atoms with van der Waals surface area (Å²) in [5, 5.41) is 3.67. The molecule has 154 valence electrons. The standard InChI is InChI=1S/C21H20N4O3S2/c1-11-12(2)30-21-18(11)20(28)24-16(25-21)10-29-8-7-22-19(27)14-9-17(26)23-15-6-4-3-5-13(14)15/h3-6,9,13,18H,7-8,10H2,1-2H3,(H,22,27). The Hall–Kier alpha value is -2.52. The zero-order valence-corrected chi connectivity index (χ0v) is 18.2. The summed E-state index contributed by atoms with van der Waals surface area (Å²) in [4.78, 5) is 50.4. The van der Waals surface area contributed by atoms with Gasteiger partial charge in [-0.05, 0) is 30.4 Å². The zero-order valence-electron chi connectivity index (χ0n) is 16.5. The molecule has 3 amide bonds. The highest BCUT2D eigenvalue weighted by molar-refractivity contribution is 8.17. The molecule has 1 N–H and O–H groups in total. The van der Waals surface area contributed by atoms with Crippen LogP contribution in [0.4, 0.5) is 0 Å². The van der Waals surface area contributed by atoms with Crippen LogP contribution in [0, 0.1) is 11.8 Å². The number of carbonyl (C=O) groups is 3. The summed E-state index contributed by atoms with van der Waals surface area (Å²) in [5.41, 5.74) is 2.03. The van der Waals surface area contributed by atoms with Crippen molar-refractivity contribution in [2.24, 2.45) is 26.8 Å². The van der Waals surface area contributed by atoms with Gasteiger partial charge in [0.2, 0.25) is 5.91 Å². The summed E-state index contributed by atoms with van der Waals surface area (Å²) in [6.07, 6.45) is 8.54. The van der Waals surface area contributed by atoms with Gasteiger partial charge in [-0.1, -0.05) is 30.0 Å². The number of nitrogens with zero attached hydrogens (tertiary/aromatic N) is 3. The van der Waals surface area contributed by atoms with Crippen molar-refractivity contribution in [1.82, 2.24) is 5.32 Å². The molecule has 3 aliphatic heterocycles. The molecule has 2 atom stereocenters. The van der Waals surface area contributed by atoms with Gasteiger partial charge in [0, 0.05) is 23.9 Å². The second-order valence-corrected chi connectivity index (χ2v) is 9.44. The molecule has 0 radical (unpaired) electrons. The first-order valence-corrected chi connectivity index (χ1v) is 11.5. The van der Waals surface area contributed by atoms with Gasteiger partial charge in [-0.2, -0.15) is 16.8 Å². The average Bonchev–Trinajstić information content (AvgIpc) is 3.00. The number of thioether (sulfide) groups is 2. The van der Waals surface area contributed by atoms with E-state index in [1.807, 2.05) is 26.0 Å². The topological polar surface area (TPSA) is 100 Å². The minimum atomic E-state index is -0.414. The molecule has 0 aromatic rings. The second kappa shape index (κ2) is 8.69. The molecule has 2 unspecified atom stereocenters. The summed E-state index contributed by atoms with van der Waals surface area (Å²) in [6.45, 7) is 4.38. The highest BCUT2D eigenvalue weighted by Gasteiger charge is 2.36. The average molecular weight is 441 g/mol. The highest BCUT2D eigenvalue weighted by atomic mass is 32.2. The van der Waals surface area contributed by atoms with Crippen LogP contribution in [0.3, 0.4) is 0 Å². The maximum Gasteiger partial charge on any atom is 0.270 e. The van der Waals surface area contributed by atoms with E-state index in [-0.39, 0.29) is 23.7 Å². The minimum Gasteiger partial charge on any atom is -0.351 e. The molecule has 0 spiro atoms. The van der Waals surface area contributed by atoms with E-state index in [4.69, 9.17) is 0 Å². The maximum absolute atomic E-state index is 12.5. The van der Waals surface area contributed by atoms with E-state index in [0.717, 1.165) is 15.5 Å². The number of amidine groups is 1. The number of hydrogen-bond donors (Lipinski definition) is 1. The first-order chi connectivity index (χ1) is 14.4. The Morgan fingerprint density at radius 2 is 2.03 bits per heavy atom. The molecule has 7 nitrogen and oxygen atoms in total. The van der Waals surface area contributed by atoms with Crippen molar-refractivity contribution in [3.8, 4) is 0 Å². The number of dihydropyridines is 1. The number of allylic oxidation sites excluding steroid dienone is 5. The summed E-state index contributed by atoms with van der Waals surface area (Å²) in [6, 6.07) is 0. The van der Waals surface area contributed by atoms with E-state index >= 15 is 0 Å². The van der Waals surface area contributed by atoms with Crippen molar-refractivity contribution in [1.29, 1.82) is 0 Å². The molecule has 4 rings (SSSR count). The highest BCUT2D eigenvalue weighted by Crippen LogP contribution is 2.40. The van der Waals surface area contributed by atoms with Crippen molar-refractivity contribution in [2.45, 2.75) is 13.8 Å². The van der Waals surface area contributed by atoms with E-state index < -0.39 is 5.91 Å². The fourth-order valence-corrected chi connectivity index (χ4v) is 5.31. The number of carbonyl (C=O) groups excluding carboxylic acids is 3. The van der Waals surface area contributed by atoms with Crippen LogP contribution in [0.5, 0.6) is 0 Å². The zero-order chi connectivity index (χ0) is 21.3. The number of amides is 3. The number of hydrogen-bond acceptors (Lipinski definition) is 6. The Labute approximate surface area is 182 Å². The van der Waals surface area contributed by atoms with Crippen LogP contribution in [0.2, 0.25) is 0 Å². The Bertz CT molecular complexity index is 1050. The summed E-state index contributed by atoms with van der Waals surface area (Å²) >= 11 is 3.09. The molecule has 0 fully saturated rings. The van der Waals surface area contributed by atoms with Crippen LogP contribution < -0.4 is 5.32 Å². The molecule has 30 heavy (non-hydrogen) atoms. The van der Waals surface area contributed by atoms with Gasteiger partial charge in [0.05, 0.1) is 22.4 Å². The van der Waals surface area contributed by atoms with Crippen molar-refractivity contribution in [3.63, 3.8) is 0 Å². The first-order valence-electron chi connectivity index (χ1n) is 9.54. The number of nitrogens with one attached hydrogen (secondary N) is 1. The van der Waals surface area contributed by atoms with Gasteiger partial charge in [0.1, 0.15) is 11.8 Å². The summed E-state index contributed by atoms with van der Waals surface area (Å²) in [5.74, 6) is 0.258. The Morgan fingerprint density at radius 3 is 2.87 bits per heavy atom. The summed E-state index contributed by atoms with van der Waals surface area (Å²) in [7, 11) is 0. The Morgan fingerprint density at radius 1 is 1.20 bits per heavy atom. The van der Waals surface area contributed by atoms with Crippen molar-refractivity contribution < 1.29 is 14.4 Å². The van der Waals surface area contributed by atoms with Gasteiger partial charge < -0.3 is 5.32 Å². The lowest BCUT2D eigenvalue weighted by Crippen LogP contribution is -2.34. The third-order valence-electron chi connectivity index (χ3n) is 5.10. The number of aliphatic imine (C=N–C) groups is 3. The molecule has 9 heteroatoms. The Balaban J connectivity index is 1.25. The van der Waals surface area contributed by atoms with Crippen molar-refractivity contribution in [3.05, 3.63) is 46.4 Å². The molecule has 4 aliphatic rings. The van der Waals surface area contributed by atoms with Gasteiger partial charge in [-0.3, -0.25) is 14.4 Å². The number of rotatable bonds is 6. The van der Waals surface area contributed by atoms with Gasteiger partial charge in [0.25, 0.3) is 11.8 Å². The smallest absolute Gasteiger partial charge is 0.270 e. The van der Waals surface area contributed by atoms with Gasteiger partial charge in [0.15, 0.2) is 0 Å². The van der Waals surface area contributed by atoms with E-state index in [0.29, 0.717) is 35.2 Å². The SMILES string of the molecule is CC1=C(C)C2C(=O)N=C(CSCCNC(=O)C3=CC(=O)N=C4C=CC=CC34)N=C2S1. The third-order valence-corrected chi connectivity index (χ3v) is 7.22. The Kier molecular flexibility index (Phi) is 6.01. The van der Waals surface area contributed by atoms with Gasteiger partial charge in [-0.25, -0.2) is 9.98 Å². The van der Waals surface area contributed by atoms with Crippen LogP contribution in [-0.2, 0) is 14.4 Å². The first kappa shape index (κ1) is 20.7. The van der Waals surface area contributed by atoms with Crippen molar-refractivity contribution >= 4 is 57.8 Å². The maximum atomic E-state index is 12.5. The van der Waals surface area contributed by atoms with Crippen LogP contribution in [0.15, 0.2) is 61.4 Å². The molecule has 0 saturated heterocycles. The monoisotopic (exact) mass is 440 g/mol. The lowest BCUT2D eigenvalue weighted by Gasteiger charge is -2.21. The molecule has 0 bridgehead atoms. The summed E-state index contributed by atoms with van der Waals surface area (Å²) < 4.78 is 0. The number of fused-ring (bicyclic) bond motifs is 2. The lowest BCUT2D eigenvalue weighted by atomic mass is 9.87. The van der Waals surface area contributed by atoms with Crippen LogP contribution >= 0.6 is 23.5 Å². The largest absolute Gasteiger partial charge is 0.351 e. The van der Waals surface area contributed by atoms with Crippen LogP contribution in [0.1, 0.15) is 13.8 Å². The van der Waals surface area contributed by atoms with Crippen LogP contribution in [0.25, 0.3) is 0 Å². The predicted octanol–water partition coefficient (Wildman–Crippen LogP) is 2.48.